The summed E-state index contributed by atoms with van der Waals surface area (Å²) in [6.45, 7) is 2.48. The molecule has 0 N–H and O–H groups in total. The fourth-order valence-electron chi connectivity index (χ4n) is 2.07. The summed E-state index contributed by atoms with van der Waals surface area (Å²) in [5.74, 6) is -0.846. The highest BCUT2D eigenvalue weighted by atomic mass is 19.1. The molecule has 19 heavy (non-hydrogen) atoms. The minimum atomic E-state index is -1.54. The largest absolute Gasteiger partial charge is 0.464 e. The van der Waals surface area contributed by atoms with Crippen LogP contribution in [-0.2, 0) is 9.53 Å². The van der Waals surface area contributed by atoms with E-state index in [1.165, 1.54) is 24.9 Å². The van der Waals surface area contributed by atoms with Gasteiger partial charge in [0.25, 0.3) is 5.91 Å². The number of rotatable bonds is 3. The van der Waals surface area contributed by atoms with Gasteiger partial charge in [-0.05, 0) is 19.1 Å². The maximum absolute atomic E-state index is 14.0. The van der Waals surface area contributed by atoms with E-state index < -0.39 is 17.7 Å². The number of pyridine rings is 1. The summed E-state index contributed by atoms with van der Waals surface area (Å²) in [6, 6.07) is 4.20. The van der Waals surface area contributed by atoms with Crippen LogP contribution < -0.4 is 0 Å². The Balaban J connectivity index is 2.08. The quantitative estimate of drug-likeness (QED) is 0.771. The molecule has 2 unspecified atom stereocenters. The van der Waals surface area contributed by atoms with Crippen LogP contribution in [0.3, 0.4) is 0 Å². The summed E-state index contributed by atoms with van der Waals surface area (Å²) in [5.41, 5.74) is -1.29. The van der Waals surface area contributed by atoms with Crippen LogP contribution in [0.15, 0.2) is 24.4 Å². The first-order valence-electron chi connectivity index (χ1n) is 5.96. The predicted octanol–water partition coefficient (Wildman–Crippen LogP) is 1.20. The number of amides is 1. The molecule has 0 spiro atoms. The molecule has 1 aromatic heterocycles. The van der Waals surface area contributed by atoms with Gasteiger partial charge in [-0.3, -0.25) is 14.6 Å². The molecule has 1 aliphatic rings. The minimum Gasteiger partial charge on any atom is -0.464 e. The van der Waals surface area contributed by atoms with Gasteiger partial charge in [0.2, 0.25) is 0 Å². The van der Waals surface area contributed by atoms with E-state index in [4.69, 9.17) is 4.74 Å². The molecule has 1 saturated heterocycles. The molecule has 0 aromatic carbocycles. The molecule has 6 heteroatoms. The maximum Gasteiger partial charge on any atom is 0.302 e. The number of alkyl halides is 1. The third-order valence-electron chi connectivity index (χ3n) is 3.14. The fourth-order valence-corrected chi connectivity index (χ4v) is 2.07. The molecule has 2 atom stereocenters. The third kappa shape index (κ3) is 2.72. The molecule has 0 aliphatic carbocycles. The first-order valence-corrected chi connectivity index (χ1v) is 5.96. The van der Waals surface area contributed by atoms with Gasteiger partial charge in [-0.2, -0.15) is 0 Å². The van der Waals surface area contributed by atoms with E-state index in [9.17, 15) is 14.0 Å². The van der Waals surface area contributed by atoms with Crippen molar-refractivity contribution in [1.29, 1.82) is 0 Å². The summed E-state index contributed by atoms with van der Waals surface area (Å²) in [4.78, 5) is 28.2. The van der Waals surface area contributed by atoms with E-state index in [2.05, 4.69) is 4.98 Å². The van der Waals surface area contributed by atoms with Crippen molar-refractivity contribution < 1.29 is 18.7 Å². The van der Waals surface area contributed by atoms with E-state index in [1.54, 1.807) is 18.2 Å². The molecule has 1 amide bonds. The second kappa shape index (κ2) is 4.95. The van der Waals surface area contributed by atoms with Crippen LogP contribution in [0, 0.1) is 0 Å². The number of carbonyl (C=O) groups excluding carboxylic acids is 2. The number of esters is 1. The Kier molecular flexibility index (Phi) is 3.50. The number of hydrogen-bond donors (Lipinski definition) is 0. The molecule has 0 radical (unpaired) electrons. The van der Waals surface area contributed by atoms with Crippen molar-refractivity contribution in [2.75, 3.05) is 13.2 Å². The molecule has 2 rings (SSSR count). The second-order valence-electron chi connectivity index (χ2n) is 4.74. The Morgan fingerprint density at radius 2 is 2.32 bits per heavy atom. The fraction of sp³-hybridized carbons (Fsp3) is 0.462. The second-order valence-corrected chi connectivity index (χ2v) is 4.74. The summed E-state index contributed by atoms with van der Waals surface area (Å²) in [6.07, 6.45) is 1.50. The van der Waals surface area contributed by atoms with Crippen molar-refractivity contribution in [2.24, 2.45) is 0 Å². The highest BCUT2D eigenvalue weighted by molar-refractivity contribution is 5.93. The van der Waals surface area contributed by atoms with Crippen molar-refractivity contribution in [2.45, 2.75) is 25.6 Å². The number of nitrogens with zero attached hydrogens (tertiary/aromatic N) is 2. The van der Waals surface area contributed by atoms with Crippen LogP contribution in [0.1, 0.15) is 24.3 Å². The van der Waals surface area contributed by atoms with Crippen molar-refractivity contribution in [1.82, 2.24) is 9.88 Å². The lowest BCUT2D eigenvalue weighted by Gasteiger charge is -2.50. The van der Waals surface area contributed by atoms with E-state index in [-0.39, 0.29) is 24.8 Å². The Labute approximate surface area is 110 Å². The molecular weight excluding hydrogens is 251 g/mol. The van der Waals surface area contributed by atoms with Crippen LogP contribution in [-0.4, -0.2) is 46.6 Å². The molecule has 5 nitrogen and oxygen atoms in total. The minimum absolute atomic E-state index is 0.0195. The van der Waals surface area contributed by atoms with Gasteiger partial charge < -0.3 is 9.64 Å². The number of carbonyl (C=O) groups is 2. The van der Waals surface area contributed by atoms with Crippen LogP contribution in [0.25, 0.3) is 0 Å². The molecule has 1 aromatic rings. The van der Waals surface area contributed by atoms with E-state index in [1.807, 2.05) is 0 Å². The number of hydrogen-bond acceptors (Lipinski definition) is 4. The molecule has 0 saturated carbocycles. The maximum atomic E-state index is 14.0. The molecule has 1 fully saturated rings. The smallest absolute Gasteiger partial charge is 0.302 e. The van der Waals surface area contributed by atoms with Crippen LogP contribution in [0.4, 0.5) is 4.39 Å². The van der Waals surface area contributed by atoms with Gasteiger partial charge in [-0.15, -0.1) is 0 Å². The lowest BCUT2D eigenvalue weighted by molar-refractivity contribution is -0.150. The zero-order valence-corrected chi connectivity index (χ0v) is 10.8. The van der Waals surface area contributed by atoms with Crippen LogP contribution >= 0.6 is 0 Å². The van der Waals surface area contributed by atoms with Gasteiger partial charge in [-0.25, -0.2) is 4.39 Å². The van der Waals surface area contributed by atoms with Gasteiger partial charge in [-0.1, -0.05) is 6.07 Å². The van der Waals surface area contributed by atoms with E-state index >= 15 is 0 Å². The average Bonchev–Trinajstić information content (AvgIpc) is 2.36. The van der Waals surface area contributed by atoms with Crippen LogP contribution in [0.5, 0.6) is 0 Å². The summed E-state index contributed by atoms with van der Waals surface area (Å²) >= 11 is 0. The normalized spacial score (nSPS) is 25.6. The summed E-state index contributed by atoms with van der Waals surface area (Å²) < 4.78 is 18.8. The lowest BCUT2D eigenvalue weighted by Crippen LogP contribution is -2.69. The number of halogens is 1. The van der Waals surface area contributed by atoms with Gasteiger partial charge in [0.15, 0.2) is 0 Å². The standard InChI is InChI=1S/C13H15FN2O3/c1-9(17)19-7-11-13(2,14)8-16(11)12(18)10-5-3-4-6-15-10/h3-6,11H,7-8H2,1-2H3. The van der Waals surface area contributed by atoms with Crippen molar-refractivity contribution in [3.63, 3.8) is 0 Å². The Bertz CT molecular complexity index is 490. The average molecular weight is 266 g/mol. The van der Waals surface area contributed by atoms with Crippen molar-refractivity contribution in [3.05, 3.63) is 30.1 Å². The molecule has 102 valence electrons. The van der Waals surface area contributed by atoms with Crippen molar-refractivity contribution >= 4 is 11.9 Å². The molecule has 2 heterocycles. The number of aromatic nitrogens is 1. The zero-order valence-electron chi connectivity index (χ0n) is 10.8. The topological polar surface area (TPSA) is 59.5 Å². The first kappa shape index (κ1) is 13.5. The van der Waals surface area contributed by atoms with Gasteiger partial charge in [0.05, 0.1) is 6.54 Å². The lowest BCUT2D eigenvalue weighted by atomic mass is 9.87. The van der Waals surface area contributed by atoms with Gasteiger partial charge >= 0.3 is 5.97 Å². The molecule has 0 bridgehead atoms. The Morgan fingerprint density at radius 1 is 1.58 bits per heavy atom. The zero-order chi connectivity index (χ0) is 14.0. The van der Waals surface area contributed by atoms with Gasteiger partial charge in [0, 0.05) is 13.1 Å². The molecule has 1 aliphatic heterocycles. The highest BCUT2D eigenvalue weighted by Gasteiger charge is 2.53. The first-order chi connectivity index (χ1) is 8.92. The van der Waals surface area contributed by atoms with E-state index in [0.717, 1.165) is 0 Å². The predicted molar refractivity (Wildman–Crippen MR) is 65.2 cm³/mol. The SMILES string of the molecule is CC(=O)OCC1N(C(=O)c2ccccn2)CC1(C)F. The summed E-state index contributed by atoms with van der Waals surface area (Å²) in [7, 11) is 0. The summed E-state index contributed by atoms with van der Waals surface area (Å²) in [5, 5.41) is 0. The van der Waals surface area contributed by atoms with Gasteiger partial charge in [0.1, 0.15) is 24.0 Å². The molecular formula is C13H15FN2O3. The Hall–Kier alpha value is -1.98. The number of ether oxygens (including phenoxy) is 1. The Morgan fingerprint density at radius 3 is 2.84 bits per heavy atom. The number of likely N-dealkylation sites (tertiary alicyclic amines) is 1. The highest BCUT2D eigenvalue weighted by Crippen LogP contribution is 2.34. The monoisotopic (exact) mass is 266 g/mol. The van der Waals surface area contributed by atoms with Crippen LogP contribution in [0.2, 0.25) is 0 Å². The van der Waals surface area contributed by atoms with Crippen molar-refractivity contribution in [3.8, 4) is 0 Å². The third-order valence-corrected chi connectivity index (χ3v) is 3.14. The van der Waals surface area contributed by atoms with E-state index in [0.29, 0.717) is 0 Å².